The highest BCUT2D eigenvalue weighted by Gasteiger charge is 2.18. The minimum atomic E-state index is 0.248. The predicted molar refractivity (Wildman–Crippen MR) is 84.5 cm³/mol. The van der Waals surface area contributed by atoms with Crippen LogP contribution in [0.2, 0.25) is 0 Å². The number of hydrogen-bond acceptors (Lipinski definition) is 4. The SMILES string of the molecule is COCCC(C)(C)CNCc1c(C)nc2sc(C)cn12. The third-order valence-corrected chi connectivity index (χ3v) is 4.52. The number of nitrogens with one attached hydrogen (secondary N) is 1. The molecule has 0 aliphatic carbocycles. The van der Waals surface area contributed by atoms with E-state index in [9.17, 15) is 0 Å². The van der Waals surface area contributed by atoms with Gasteiger partial charge in [0.15, 0.2) is 4.96 Å². The Morgan fingerprint density at radius 3 is 2.85 bits per heavy atom. The van der Waals surface area contributed by atoms with Gasteiger partial charge in [0, 0.05) is 37.9 Å². The Balaban J connectivity index is 1.97. The lowest BCUT2D eigenvalue weighted by Crippen LogP contribution is -2.30. The Bertz CT molecular complexity index is 571. The van der Waals surface area contributed by atoms with Crippen molar-refractivity contribution in [2.45, 2.75) is 40.7 Å². The number of thiazole rings is 1. The molecule has 0 aliphatic rings. The van der Waals surface area contributed by atoms with Crippen LogP contribution in [-0.2, 0) is 11.3 Å². The van der Waals surface area contributed by atoms with E-state index < -0.39 is 0 Å². The topological polar surface area (TPSA) is 38.6 Å². The van der Waals surface area contributed by atoms with E-state index in [4.69, 9.17) is 4.74 Å². The zero-order chi connectivity index (χ0) is 14.8. The fourth-order valence-corrected chi connectivity index (χ4v) is 3.20. The molecule has 0 atom stereocenters. The van der Waals surface area contributed by atoms with Crippen LogP contribution in [0.3, 0.4) is 0 Å². The van der Waals surface area contributed by atoms with E-state index >= 15 is 0 Å². The molecular weight excluding hydrogens is 270 g/mol. The summed E-state index contributed by atoms with van der Waals surface area (Å²) in [4.78, 5) is 7.01. The van der Waals surface area contributed by atoms with E-state index in [0.717, 1.165) is 36.8 Å². The molecule has 0 aliphatic heterocycles. The average molecular weight is 295 g/mol. The molecule has 0 radical (unpaired) electrons. The second kappa shape index (κ2) is 6.24. The lowest BCUT2D eigenvalue weighted by Gasteiger charge is -2.24. The van der Waals surface area contributed by atoms with E-state index in [1.54, 1.807) is 18.4 Å². The number of imidazole rings is 1. The summed E-state index contributed by atoms with van der Waals surface area (Å²) in [6, 6.07) is 0. The third-order valence-electron chi connectivity index (χ3n) is 3.62. The first-order valence-electron chi connectivity index (χ1n) is 7.06. The van der Waals surface area contributed by atoms with E-state index in [-0.39, 0.29) is 5.41 Å². The van der Waals surface area contributed by atoms with Gasteiger partial charge in [-0.05, 0) is 25.7 Å². The summed E-state index contributed by atoms with van der Waals surface area (Å²) in [5, 5.41) is 3.57. The fraction of sp³-hybridized carbons (Fsp3) is 0.667. The second-order valence-electron chi connectivity index (χ2n) is 6.15. The number of methoxy groups -OCH3 is 1. The van der Waals surface area contributed by atoms with Crippen LogP contribution < -0.4 is 5.32 Å². The molecule has 2 aromatic rings. The van der Waals surface area contributed by atoms with Crippen molar-refractivity contribution in [3.63, 3.8) is 0 Å². The van der Waals surface area contributed by atoms with Crippen molar-refractivity contribution in [2.75, 3.05) is 20.3 Å². The molecule has 2 aromatic heterocycles. The zero-order valence-corrected chi connectivity index (χ0v) is 13.9. The Morgan fingerprint density at radius 2 is 2.15 bits per heavy atom. The summed E-state index contributed by atoms with van der Waals surface area (Å²) < 4.78 is 7.38. The Morgan fingerprint density at radius 1 is 1.40 bits per heavy atom. The van der Waals surface area contributed by atoms with Crippen LogP contribution in [0.25, 0.3) is 4.96 Å². The smallest absolute Gasteiger partial charge is 0.194 e. The van der Waals surface area contributed by atoms with Gasteiger partial charge in [0.25, 0.3) is 0 Å². The van der Waals surface area contributed by atoms with Crippen molar-refractivity contribution in [1.29, 1.82) is 0 Å². The second-order valence-corrected chi connectivity index (χ2v) is 7.36. The van der Waals surface area contributed by atoms with Crippen LogP contribution in [0.5, 0.6) is 0 Å². The van der Waals surface area contributed by atoms with Crippen molar-refractivity contribution < 1.29 is 4.74 Å². The van der Waals surface area contributed by atoms with Crippen LogP contribution in [0.1, 0.15) is 36.5 Å². The van der Waals surface area contributed by atoms with Crippen molar-refractivity contribution in [3.05, 3.63) is 22.5 Å². The molecule has 20 heavy (non-hydrogen) atoms. The van der Waals surface area contributed by atoms with Gasteiger partial charge in [0.2, 0.25) is 0 Å². The van der Waals surface area contributed by atoms with Crippen LogP contribution in [-0.4, -0.2) is 29.6 Å². The van der Waals surface area contributed by atoms with E-state index in [0.29, 0.717) is 0 Å². The minimum absolute atomic E-state index is 0.248. The molecule has 5 heteroatoms. The van der Waals surface area contributed by atoms with Gasteiger partial charge in [-0.2, -0.15) is 0 Å². The number of fused-ring (bicyclic) bond motifs is 1. The summed E-state index contributed by atoms with van der Waals surface area (Å²) in [7, 11) is 1.76. The lowest BCUT2D eigenvalue weighted by atomic mass is 9.90. The molecule has 4 nitrogen and oxygen atoms in total. The molecular formula is C15H25N3OS. The van der Waals surface area contributed by atoms with E-state index in [1.165, 1.54) is 10.6 Å². The summed E-state index contributed by atoms with van der Waals surface area (Å²) in [5.41, 5.74) is 2.64. The maximum atomic E-state index is 5.17. The number of hydrogen-bond donors (Lipinski definition) is 1. The van der Waals surface area contributed by atoms with Crippen molar-refractivity contribution in [3.8, 4) is 0 Å². The molecule has 1 N–H and O–H groups in total. The Kier molecular flexibility index (Phi) is 4.83. The molecule has 0 saturated heterocycles. The monoisotopic (exact) mass is 295 g/mol. The Labute approximate surface area is 125 Å². The molecule has 0 spiro atoms. The maximum absolute atomic E-state index is 5.17. The summed E-state index contributed by atoms with van der Waals surface area (Å²) >= 11 is 1.74. The van der Waals surface area contributed by atoms with Gasteiger partial charge in [-0.3, -0.25) is 4.40 Å². The van der Waals surface area contributed by atoms with Crippen LogP contribution >= 0.6 is 11.3 Å². The maximum Gasteiger partial charge on any atom is 0.194 e. The molecule has 0 amide bonds. The van der Waals surface area contributed by atoms with Gasteiger partial charge in [-0.25, -0.2) is 4.98 Å². The highest BCUT2D eigenvalue weighted by Crippen LogP contribution is 2.22. The molecule has 0 aromatic carbocycles. The molecule has 0 saturated carbocycles. The van der Waals surface area contributed by atoms with Gasteiger partial charge in [-0.1, -0.05) is 13.8 Å². The largest absolute Gasteiger partial charge is 0.385 e. The lowest BCUT2D eigenvalue weighted by molar-refractivity contribution is 0.150. The predicted octanol–water partition coefficient (Wildman–Crippen LogP) is 3.16. The molecule has 2 heterocycles. The highest BCUT2D eigenvalue weighted by atomic mass is 32.1. The average Bonchev–Trinajstić information content (AvgIpc) is 2.84. The quantitative estimate of drug-likeness (QED) is 0.852. The van der Waals surface area contributed by atoms with Gasteiger partial charge >= 0.3 is 0 Å². The molecule has 0 bridgehead atoms. The van der Waals surface area contributed by atoms with Crippen LogP contribution in [0, 0.1) is 19.3 Å². The first-order valence-corrected chi connectivity index (χ1v) is 7.88. The molecule has 0 unspecified atom stereocenters. The highest BCUT2D eigenvalue weighted by molar-refractivity contribution is 7.17. The minimum Gasteiger partial charge on any atom is -0.385 e. The summed E-state index contributed by atoms with van der Waals surface area (Å²) in [6.45, 7) is 11.4. The summed E-state index contributed by atoms with van der Waals surface area (Å²) in [5.74, 6) is 0. The van der Waals surface area contributed by atoms with Gasteiger partial charge in [0.1, 0.15) is 0 Å². The number of nitrogens with zero attached hydrogens (tertiary/aromatic N) is 2. The summed E-state index contributed by atoms with van der Waals surface area (Å²) in [6.07, 6.45) is 3.24. The van der Waals surface area contributed by atoms with Crippen molar-refractivity contribution >= 4 is 16.3 Å². The molecule has 112 valence electrons. The normalized spacial score (nSPS) is 12.4. The zero-order valence-electron chi connectivity index (χ0n) is 13.1. The number of ether oxygens (including phenoxy) is 1. The third kappa shape index (κ3) is 3.59. The first-order chi connectivity index (χ1) is 9.43. The Hall–Kier alpha value is -0.910. The van der Waals surface area contributed by atoms with E-state index in [2.05, 4.69) is 48.6 Å². The molecule has 2 rings (SSSR count). The first kappa shape index (κ1) is 15.5. The number of aromatic nitrogens is 2. The number of rotatable bonds is 7. The standard InChI is InChI=1S/C15H25N3OS/c1-11-9-18-13(12(2)17-14(18)20-11)8-16-10-15(3,4)6-7-19-5/h9,16H,6-8,10H2,1-5H3. The fourth-order valence-electron chi connectivity index (χ4n) is 2.31. The van der Waals surface area contributed by atoms with Gasteiger partial charge in [0.05, 0.1) is 11.4 Å². The van der Waals surface area contributed by atoms with Gasteiger partial charge < -0.3 is 10.1 Å². The number of aryl methyl sites for hydroxylation is 2. The molecule has 0 fully saturated rings. The van der Waals surface area contributed by atoms with Crippen LogP contribution in [0.15, 0.2) is 6.20 Å². The van der Waals surface area contributed by atoms with Crippen LogP contribution in [0.4, 0.5) is 0 Å². The van der Waals surface area contributed by atoms with Crippen molar-refractivity contribution in [1.82, 2.24) is 14.7 Å². The van der Waals surface area contributed by atoms with Crippen molar-refractivity contribution in [2.24, 2.45) is 5.41 Å². The van der Waals surface area contributed by atoms with Gasteiger partial charge in [-0.15, -0.1) is 11.3 Å². The van der Waals surface area contributed by atoms with E-state index in [1.807, 2.05) is 0 Å².